The van der Waals surface area contributed by atoms with E-state index in [-0.39, 0.29) is 6.09 Å². The maximum atomic E-state index is 11.5. The van der Waals surface area contributed by atoms with Crippen LogP contribution in [0.3, 0.4) is 0 Å². The summed E-state index contributed by atoms with van der Waals surface area (Å²) in [4.78, 5) is 11.5. The molecule has 0 radical (unpaired) electrons. The summed E-state index contributed by atoms with van der Waals surface area (Å²) >= 11 is 0. The van der Waals surface area contributed by atoms with Crippen LogP contribution in [0.25, 0.3) is 0 Å². The molecule has 112 valence electrons. The minimum absolute atomic E-state index is 0.350. The van der Waals surface area contributed by atoms with Crippen molar-refractivity contribution in [2.75, 3.05) is 32.9 Å². The molecule has 0 spiro atoms. The van der Waals surface area contributed by atoms with E-state index in [9.17, 15) is 4.79 Å². The van der Waals surface area contributed by atoms with Crippen molar-refractivity contribution in [3.63, 3.8) is 0 Å². The third kappa shape index (κ3) is 4.69. The number of hydrogen-bond donors (Lipinski definition) is 2. The number of amides is 1. The van der Waals surface area contributed by atoms with Gasteiger partial charge >= 0.3 is 6.09 Å². The van der Waals surface area contributed by atoms with Gasteiger partial charge in [0.2, 0.25) is 0 Å². The molecule has 0 aromatic carbocycles. The number of ether oxygens (including phenoxy) is 2. The van der Waals surface area contributed by atoms with Gasteiger partial charge < -0.3 is 20.5 Å². The molecule has 5 nitrogen and oxygen atoms in total. The van der Waals surface area contributed by atoms with Gasteiger partial charge in [0.05, 0.1) is 19.8 Å². The van der Waals surface area contributed by atoms with Crippen LogP contribution in [0, 0.1) is 29.6 Å². The predicted octanol–water partition coefficient (Wildman–Crippen LogP) is 1.13. The summed E-state index contributed by atoms with van der Waals surface area (Å²) < 4.78 is 10.4. The van der Waals surface area contributed by atoms with E-state index in [1.807, 2.05) is 0 Å². The molecule has 0 heterocycles. The summed E-state index contributed by atoms with van der Waals surface area (Å²) in [6.45, 7) is 2.48. The smallest absolute Gasteiger partial charge is 0.407 e. The highest BCUT2D eigenvalue weighted by molar-refractivity contribution is 5.67. The number of carbonyl (C=O) groups excluding carboxylic acids is 1. The zero-order valence-corrected chi connectivity index (χ0v) is 11.9. The van der Waals surface area contributed by atoms with Crippen molar-refractivity contribution in [3.05, 3.63) is 0 Å². The average Bonchev–Trinajstić information content (AvgIpc) is 3.06. The Balaban J connectivity index is 1.54. The van der Waals surface area contributed by atoms with Crippen LogP contribution < -0.4 is 11.1 Å². The zero-order chi connectivity index (χ0) is 14.2. The van der Waals surface area contributed by atoms with Crippen LogP contribution in [0.5, 0.6) is 0 Å². The Hall–Kier alpha value is -1.25. The minimum atomic E-state index is -0.350. The van der Waals surface area contributed by atoms with Gasteiger partial charge in [-0.25, -0.2) is 4.79 Å². The second-order valence-corrected chi connectivity index (χ2v) is 5.35. The Bertz CT molecular complexity index is 357. The van der Waals surface area contributed by atoms with Crippen LogP contribution in [-0.2, 0) is 9.47 Å². The molecule has 2 aliphatic carbocycles. The molecule has 0 aromatic rings. The largest absolute Gasteiger partial charge is 0.449 e. The molecule has 0 aromatic heterocycles. The fourth-order valence-electron chi connectivity index (χ4n) is 2.92. The molecule has 2 atom stereocenters. The second-order valence-electron chi connectivity index (χ2n) is 5.35. The molecule has 2 aliphatic rings. The van der Waals surface area contributed by atoms with Crippen LogP contribution in [0.4, 0.5) is 4.79 Å². The van der Waals surface area contributed by atoms with Crippen molar-refractivity contribution >= 4 is 6.09 Å². The summed E-state index contributed by atoms with van der Waals surface area (Å²) in [7, 11) is 0. The first-order valence-electron chi connectivity index (χ1n) is 7.47. The monoisotopic (exact) mass is 280 g/mol. The standard InChI is InChI=1S/C15H24N2O3/c16-7-9-19-10-8-17-15(18)20-11-14-12-5-3-1-2-4-6-13(12)14/h12-14H,3-11,16H2,(H,17,18). The summed E-state index contributed by atoms with van der Waals surface area (Å²) in [5.74, 6) is 8.33. The fourth-order valence-corrected chi connectivity index (χ4v) is 2.92. The van der Waals surface area contributed by atoms with Crippen molar-refractivity contribution in [2.45, 2.75) is 25.7 Å². The van der Waals surface area contributed by atoms with Gasteiger partial charge in [0, 0.05) is 25.9 Å². The molecule has 0 saturated heterocycles. The fraction of sp³-hybridized carbons (Fsp3) is 0.800. The third-order valence-electron chi connectivity index (χ3n) is 4.02. The Morgan fingerprint density at radius 3 is 2.55 bits per heavy atom. The third-order valence-corrected chi connectivity index (χ3v) is 4.02. The second kappa shape index (κ2) is 8.13. The highest BCUT2D eigenvalue weighted by atomic mass is 16.5. The summed E-state index contributed by atoms with van der Waals surface area (Å²) in [6.07, 6.45) is 3.93. The lowest BCUT2D eigenvalue weighted by Crippen LogP contribution is -2.29. The van der Waals surface area contributed by atoms with Gasteiger partial charge in [0.25, 0.3) is 0 Å². The van der Waals surface area contributed by atoms with Gasteiger partial charge in [-0.3, -0.25) is 0 Å². The molecular weight excluding hydrogens is 256 g/mol. The Morgan fingerprint density at radius 1 is 1.20 bits per heavy atom. The molecule has 20 heavy (non-hydrogen) atoms. The molecule has 0 aliphatic heterocycles. The first-order chi connectivity index (χ1) is 9.83. The van der Waals surface area contributed by atoms with E-state index in [1.165, 1.54) is 0 Å². The van der Waals surface area contributed by atoms with E-state index in [4.69, 9.17) is 15.2 Å². The summed E-state index contributed by atoms with van der Waals surface area (Å²) in [5.41, 5.74) is 5.29. The number of hydrogen-bond acceptors (Lipinski definition) is 4. The first-order valence-corrected chi connectivity index (χ1v) is 7.47. The maximum Gasteiger partial charge on any atom is 0.407 e. The molecule has 5 heteroatoms. The maximum absolute atomic E-state index is 11.5. The lowest BCUT2D eigenvalue weighted by Gasteiger charge is -2.07. The van der Waals surface area contributed by atoms with E-state index in [0.29, 0.717) is 50.7 Å². The summed E-state index contributed by atoms with van der Waals surface area (Å²) in [6, 6.07) is 0. The predicted molar refractivity (Wildman–Crippen MR) is 75.9 cm³/mol. The van der Waals surface area contributed by atoms with Crippen molar-refractivity contribution in [2.24, 2.45) is 23.5 Å². The number of carbonyl (C=O) groups is 1. The molecule has 1 amide bonds. The van der Waals surface area contributed by atoms with E-state index < -0.39 is 0 Å². The van der Waals surface area contributed by atoms with Gasteiger partial charge in [-0.2, -0.15) is 0 Å². The van der Waals surface area contributed by atoms with Crippen molar-refractivity contribution < 1.29 is 14.3 Å². The quantitative estimate of drug-likeness (QED) is 0.541. The Labute approximate surface area is 120 Å². The van der Waals surface area contributed by atoms with Crippen molar-refractivity contribution in [1.82, 2.24) is 5.32 Å². The molecule has 0 bridgehead atoms. The first kappa shape index (κ1) is 15.1. The van der Waals surface area contributed by atoms with E-state index in [2.05, 4.69) is 17.2 Å². The lowest BCUT2D eigenvalue weighted by atomic mass is 10.1. The van der Waals surface area contributed by atoms with E-state index in [1.54, 1.807) is 0 Å². The van der Waals surface area contributed by atoms with Crippen LogP contribution in [0.1, 0.15) is 25.7 Å². The highest BCUT2D eigenvalue weighted by Gasteiger charge is 2.49. The SMILES string of the molecule is NCCOCCNC(=O)OCC1C2CCC#CCCC21. The molecular formula is C15H24N2O3. The summed E-state index contributed by atoms with van der Waals surface area (Å²) in [5, 5.41) is 2.68. The van der Waals surface area contributed by atoms with Gasteiger partial charge in [-0.05, 0) is 30.6 Å². The average molecular weight is 280 g/mol. The highest BCUT2D eigenvalue weighted by Crippen LogP contribution is 2.52. The van der Waals surface area contributed by atoms with Gasteiger partial charge in [0.15, 0.2) is 0 Å². The topological polar surface area (TPSA) is 73.6 Å². The van der Waals surface area contributed by atoms with E-state index >= 15 is 0 Å². The van der Waals surface area contributed by atoms with Crippen LogP contribution in [0.2, 0.25) is 0 Å². The molecule has 1 fully saturated rings. The number of fused-ring (bicyclic) bond motifs is 1. The zero-order valence-electron chi connectivity index (χ0n) is 11.9. The van der Waals surface area contributed by atoms with Gasteiger partial charge in [-0.15, -0.1) is 11.8 Å². The Kier molecular flexibility index (Phi) is 6.16. The van der Waals surface area contributed by atoms with Gasteiger partial charge in [0.1, 0.15) is 0 Å². The molecule has 2 rings (SSSR count). The molecule has 1 saturated carbocycles. The normalized spacial score (nSPS) is 27.4. The number of alkyl carbamates (subject to hydrolysis) is 1. The van der Waals surface area contributed by atoms with Crippen LogP contribution in [0.15, 0.2) is 0 Å². The lowest BCUT2D eigenvalue weighted by molar-refractivity contribution is 0.121. The number of rotatable bonds is 7. The minimum Gasteiger partial charge on any atom is -0.449 e. The van der Waals surface area contributed by atoms with Crippen LogP contribution in [-0.4, -0.2) is 39.0 Å². The van der Waals surface area contributed by atoms with Crippen molar-refractivity contribution in [1.29, 1.82) is 0 Å². The van der Waals surface area contributed by atoms with Crippen molar-refractivity contribution in [3.8, 4) is 11.8 Å². The number of nitrogens with two attached hydrogens (primary N) is 1. The Morgan fingerprint density at radius 2 is 1.90 bits per heavy atom. The molecule has 2 unspecified atom stereocenters. The molecule has 3 N–H and O–H groups in total. The van der Waals surface area contributed by atoms with Gasteiger partial charge in [-0.1, -0.05) is 0 Å². The number of nitrogens with one attached hydrogen (secondary N) is 1. The van der Waals surface area contributed by atoms with E-state index in [0.717, 1.165) is 25.7 Å². The van der Waals surface area contributed by atoms with Crippen LogP contribution >= 0.6 is 0 Å².